The van der Waals surface area contributed by atoms with Crippen molar-refractivity contribution in [3.63, 3.8) is 0 Å². The van der Waals surface area contributed by atoms with Gasteiger partial charge in [-0.3, -0.25) is 4.90 Å². The lowest BCUT2D eigenvalue weighted by Crippen LogP contribution is -2.42. The summed E-state index contributed by atoms with van der Waals surface area (Å²) in [7, 11) is -2.83. The van der Waals surface area contributed by atoms with Gasteiger partial charge in [-0.25, -0.2) is 8.42 Å². The van der Waals surface area contributed by atoms with Crippen LogP contribution < -0.4 is 4.74 Å². The average Bonchev–Trinajstić information content (AvgIpc) is 3.07. The molecule has 1 aliphatic rings. The minimum Gasteiger partial charge on any atom is -0.492 e. The fourth-order valence-corrected chi connectivity index (χ4v) is 5.00. The topological polar surface area (TPSA) is 59.8 Å². The second kappa shape index (κ2) is 7.52. The first-order chi connectivity index (χ1) is 13.1. The molecule has 1 saturated heterocycles. The Hall–Kier alpha value is -2.05. The van der Waals surface area contributed by atoms with E-state index in [1.54, 1.807) is 0 Å². The molecule has 0 aliphatic carbocycles. The van der Waals surface area contributed by atoms with Gasteiger partial charge in [0.1, 0.15) is 17.9 Å². The number of aryl methyl sites for hydroxylation is 1. The maximum Gasteiger partial charge on any atom is 0.152 e. The van der Waals surface area contributed by atoms with Crippen molar-refractivity contribution in [2.24, 2.45) is 0 Å². The second-order valence-corrected chi connectivity index (χ2v) is 9.48. The van der Waals surface area contributed by atoms with Crippen LogP contribution in [0.2, 0.25) is 0 Å². The zero-order chi connectivity index (χ0) is 18.9. The fraction of sp³-hybridized carbons (Fsp3) is 0.429. The van der Waals surface area contributed by atoms with Crippen LogP contribution in [-0.2, 0) is 16.3 Å². The fourth-order valence-electron chi connectivity index (χ4n) is 3.72. The van der Waals surface area contributed by atoms with Crippen LogP contribution in [0, 0.1) is 0 Å². The van der Waals surface area contributed by atoms with Crippen molar-refractivity contribution in [2.75, 3.05) is 37.7 Å². The molecule has 0 saturated carbocycles. The predicted octanol–water partition coefficient (Wildman–Crippen LogP) is 3.65. The Morgan fingerprint density at radius 1 is 1.15 bits per heavy atom. The highest BCUT2D eigenvalue weighted by molar-refractivity contribution is 7.91. The Morgan fingerprint density at radius 3 is 2.74 bits per heavy atom. The minimum atomic E-state index is -2.83. The molecule has 2 aromatic carbocycles. The van der Waals surface area contributed by atoms with Crippen molar-refractivity contribution >= 4 is 31.6 Å². The van der Waals surface area contributed by atoms with Crippen molar-refractivity contribution in [2.45, 2.75) is 19.8 Å². The third kappa shape index (κ3) is 3.96. The van der Waals surface area contributed by atoms with E-state index >= 15 is 0 Å². The monoisotopic (exact) mass is 387 g/mol. The van der Waals surface area contributed by atoms with E-state index in [0.29, 0.717) is 19.7 Å². The number of ether oxygens (including phenoxy) is 1. The summed E-state index contributed by atoms with van der Waals surface area (Å²) in [6.07, 6.45) is 3.97. The van der Waals surface area contributed by atoms with Crippen molar-refractivity contribution in [3.05, 3.63) is 42.2 Å². The average molecular weight is 388 g/mol. The molecule has 1 aliphatic heterocycles. The molecule has 144 valence electrons. The second-order valence-electron chi connectivity index (χ2n) is 7.17. The summed E-state index contributed by atoms with van der Waals surface area (Å²) in [5.74, 6) is 1.35. The van der Waals surface area contributed by atoms with Crippen LogP contribution in [0.3, 0.4) is 0 Å². The molecule has 0 radical (unpaired) electrons. The molecule has 27 heavy (non-hydrogen) atoms. The standard InChI is InChI=1S/C21H25NO4S/c1-2-3-17-15-26-20-7-4-16-14-18(5-6-19(16)21(17)20)25-11-8-22-9-12-27(23,24)13-10-22/h4-7,14-15H,2-3,8-13H2,1H3. The van der Waals surface area contributed by atoms with E-state index in [4.69, 9.17) is 9.15 Å². The van der Waals surface area contributed by atoms with E-state index in [9.17, 15) is 8.42 Å². The van der Waals surface area contributed by atoms with Crippen LogP contribution in [0.5, 0.6) is 5.75 Å². The first-order valence-electron chi connectivity index (χ1n) is 9.54. The summed E-state index contributed by atoms with van der Waals surface area (Å²) in [4.78, 5) is 2.15. The third-order valence-corrected chi connectivity index (χ3v) is 6.84. The van der Waals surface area contributed by atoms with E-state index < -0.39 is 9.84 Å². The van der Waals surface area contributed by atoms with Crippen LogP contribution in [0.4, 0.5) is 0 Å². The summed E-state index contributed by atoms with van der Waals surface area (Å²) in [5, 5.41) is 3.54. The molecule has 1 aromatic heterocycles. The molecule has 2 heterocycles. The largest absolute Gasteiger partial charge is 0.492 e. The van der Waals surface area contributed by atoms with E-state index in [2.05, 4.69) is 30.0 Å². The smallest absolute Gasteiger partial charge is 0.152 e. The van der Waals surface area contributed by atoms with Gasteiger partial charge < -0.3 is 9.15 Å². The number of hydrogen-bond donors (Lipinski definition) is 0. The van der Waals surface area contributed by atoms with E-state index in [1.807, 2.05) is 18.4 Å². The van der Waals surface area contributed by atoms with Gasteiger partial charge >= 0.3 is 0 Å². The lowest BCUT2D eigenvalue weighted by molar-refractivity contribution is 0.220. The van der Waals surface area contributed by atoms with Gasteiger partial charge in [0.05, 0.1) is 17.8 Å². The number of rotatable bonds is 6. The molecule has 5 nitrogen and oxygen atoms in total. The van der Waals surface area contributed by atoms with Crippen LogP contribution in [-0.4, -0.2) is 51.1 Å². The summed E-state index contributed by atoms with van der Waals surface area (Å²) < 4.78 is 34.6. The Morgan fingerprint density at radius 2 is 1.96 bits per heavy atom. The molecule has 6 heteroatoms. The highest BCUT2D eigenvalue weighted by Gasteiger charge is 2.21. The SMILES string of the molecule is CCCc1coc2ccc3cc(OCCN4CCS(=O)(=O)CC4)ccc3c12. The normalized spacial score (nSPS) is 17.5. The Kier molecular flexibility index (Phi) is 5.10. The number of fused-ring (bicyclic) bond motifs is 3. The maximum absolute atomic E-state index is 11.5. The van der Waals surface area contributed by atoms with Crippen LogP contribution in [0.1, 0.15) is 18.9 Å². The number of nitrogens with zero attached hydrogens (tertiary/aromatic N) is 1. The van der Waals surface area contributed by atoms with Gasteiger partial charge in [-0.1, -0.05) is 19.4 Å². The summed E-state index contributed by atoms with van der Waals surface area (Å²) in [6.45, 7) is 4.67. The zero-order valence-electron chi connectivity index (χ0n) is 15.6. The van der Waals surface area contributed by atoms with Crippen LogP contribution in [0.25, 0.3) is 21.7 Å². The van der Waals surface area contributed by atoms with Gasteiger partial charge in [0.15, 0.2) is 9.84 Å². The highest BCUT2D eigenvalue weighted by Crippen LogP contribution is 2.32. The lowest BCUT2D eigenvalue weighted by Gasteiger charge is -2.26. The highest BCUT2D eigenvalue weighted by atomic mass is 32.2. The molecule has 1 fully saturated rings. The van der Waals surface area contributed by atoms with Gasteiger partial charge in [-0.15, -0.1) is 0 Å². The van der Waals surface area contributed by atoms with Gasteiger partial charge in [-0.2, -0.15) is 0 Å². The molecular formula is C21H25NO4S. The van der Waals surface area contributed by atoms with Gasteiger partial charge in [0, 0.05) is 25.0 Å². The molecule has 0 spiro atoms. The van der Waals surface area contributed by atoms with Crippen LogP contribution in [0.15, 0.2) is 41.0 Å². The minimum absolute atomic E-state index is 0.254. The summed E-state index contributed by atoms with van der Waals surface area (Å²) in [6, 6.07) is 10.3. The lowest BCUT2D eigenvalue weighted by atomic mass is 10.0. The van der Waals surface area contributed by atoms with Crippen molar-refractivity contribution in [1.82, 2.24) is 4.90 Å². The quantitative estimate of drug-likeness (QED) is 0.646. The van der Waals surface area contributed by atoms with E-state index in [-0.39, 0.29) is 11.5 Å². The molecule has 0 atom stereocenters. The van der Waals surface area contributed by atoms with Crippen molar-refractivity contribution < 1.29 is 17.6 Å². The number of benzene rings is 2. The third-order valence-electron chi connectivity index (χ3n) is 5.23. The van der Waals surface area contributed by atoms with Crippen LogP contribution >= 0.6 is 0 Å². The first-order valence-corrected chi connectivity index (χ1v) is 11.4. The Balaban J connectivity index is 1.46. The summed E-state index contributed by atoms with van der Waals surface area (Å²) in [5.41, 5.74) is 2.19. The molecule has 4 rings (SSSR count). The zero-order valence-corrected chi connectivity index (χ0v) is 16.4. The Labute approximate surface area is 159 Å². The van der Waals surface area contributed by atoms with Gasteiger partial charge in [-0.05, 0) is 47.0 Å². The predicted molar refractivity (Wildman–Crippen MR) is 108 cm³/mol. The molecule has 0 unspecified atom stereocenters. The Bertz CT molecular complexity index is 1040. The molecule has 3 aromatic rings. The number of sulfone groups is 1. The summed E-state index contributed by atoms with van der Waals surface area (Å²) >= 11 is 0. The first kappa shape index (κ1) is 18.3. The molecule has 0 N–H and O–H groups in total. The van der Waals surface area contributed by atoms with E-state index in [1.165, 1.54) is 16.3 Å². The van der Waals surface area contributed by atoms with Crippen molar-refractivity contribution in [1.29, 1.82) is 0 Å². The number of furan rings is 1. The van der Waals surface area contributed by atoms with E-state index in [0.717, 1.165) is 36.1 Å². The molecule has 0 amide bonds. The van der Waals surface area contributed by atoms with Crippen molar-refractivity contribution in [3.8, 4) is 5.75 Å². The van der Waals surface area contributed by atoms with Gasteiger partial charge in [0.25, 0.3) is 0 Å². The number of hydrogen-bond acceptors (Lipinski definition) is 5. The van der Waals surface area contributed by atoms with Gasteiger partial charge in [0.2, 0.25) is 0 Å². The molecular weight excluding hydrogens is 362 g/mol. The maximum atomic E-state index is 11.5. The molecule has 0 bridgehead atoms.